The lowest BCUT2D eigenvalue weighted by molar-refractivity contribution is -0.123. The van der Waals surface area contributed by atoms with Crippen LogP contribution in [0.2, 0.25) is 0 Å². The van der Waals surface area contributed by atoms with Gasteiger partial charge in [0.1, 0.15) is 5.75 Å². The number of phenols is 1. The number of hydrogen-bond acceptors (Lipinski definition) is 3. The average molecular weight is 318 g/mol. The first-order valence-corrected chi connectivity index (χ1v) is 8.97. The molecule has 3 N–H and O–H groups in total. The van der Waals surface area contributed by atoms with E-state index in [0.717, 1.165) is 43.2 Å². The zero-order valence-corrected chi connectivity index (χ0v) is 14.6. The number of aromatic hydroxyl groups is 1. The monoisotopic (exact) mass is 318 g/mol. The Morgan fingerprint density at radius 1 is 1.22 bits per heavy atom. The number of phenolic OH excluding ortho intramolecular Hbond substituents is 1. The van der Waals surface area contributed by atoms with Crippen LogP contribution in [-0.4, -0.2) is 27.5 Å². The molecular weight excluding hydrogens is 288 g/mol. The second-order valence-corrected chi connectivity index (χ2v) is 8.37. The highest BCUT2D eigenvalue weighted by Crippen LogP contribution is 2.51. The molecule has 0 saturated heterocycles. The van der Waals surface area contributed by atoms with E-state index in [1.165, 1.54) is 5.56 Å². The van der Waals surface area contributed by atoms with Crippen molar-refractivity contribution in [2.75, 3.05) is 6.61 Å². The van der Waals surface area contributed by atoms with Crippen molar-refractivity contribution in [3.05, 3.63) is 28.8 Å². The van der Waals surface area contributed by atoms with E-state index >= 15 is 0 Å². The molecule has 0 radical (unpaired) electrons. The summed E-state index contributed by atoms with van der Waals surface area (Å²) in [6.45, 7) is 6.44. The molecule has 0 heterocycles. The fraction of sp³-hybridized carbons (Fsp3) is 0.700. The highest BCUT2D eigenvalue weighted by atomic mass is 16.3. The summed E-state index contributed by atoms with van der Waals surface area (Å²) in [6.07, 6.45) is 5.14. The lowest BCUT2D eigenvalue weighted by atomic mass is 9.59. The number of aliphatic hydroxyl groups is 2. The minimum Gasteiger partial charge on any atom is -0.508 e. The molecule has 0 aliphatic heterocycles. The van der Waals surface area contributed by atoms with Gasteiger partial charge < -0.3 is 15.3 Å². The lowest BCUT2D eigenvalue weighted by Crippen LogP contribution is -2.52. The maximum Gasteiger partial charge on any atom is 0.119 e. The van der Waals surface area contributed by atoms with Gasteiger partial charge in [0.25, 0.3) is 0 Å². The van der Waals surface area contributed by atoms with Crippen molar-refractivity contribution < 1.29 is 15.3 Å². The Labute approximate surface area is 139 Å². The third-order valence-electron chi connectivity index (χ3n) is 6.38. The quantitative estimate of drug-likeness (QED) is 0.782. The third kappa shape index (κ3) is 2.78. The van der Waals surface area contributed by atoms with Crippen molar-refractivity contribution in [3.8, 4) is 5.75 Å². The number of benzene rings is 1. The van der Waals surface area contributed by atoms with Gasteiger partial charge >= 0.3 is 0 Å². The molecule has 1 saturated carbocycles. The second kappa shape index (κ2) is 5.78. The Bertz CT molecular complexity index is 595. The van der Waals surface area contributed by atoms with Gasteiger partial charge in [0.2, 0.25) is 0 Å². The SMILES string of the molecule is CC(C)c1cc2c(cc1O)C[C@@]1(O)CCC[C@](C)(CO)[C@@H]1CC2. The predicted molar refractivity (Wildman–Crippen MR) is 91.7 cm³/mol. The molecule has 0 unspecified atom stereocenters. The third-order valence-corrected chi connectivity index (χ3v) is 6.38. The van der Waals surface area contributed by atoms with Crippen LogP contribution in [0.5, 0.6) is 5.75 Å². The van der Waals surface area contributed by atoms with Crippen LogP contribution in [0.4, 0.5) is 0 Å². The van der Waals surface area contributed by atoms with Crippen LogP contribution in [0.1, 0.15) is 69.1 Å². The Hall–Kier alpha value is -1.06. The first kappa shape index (κ1) is 16.8. The Kier molecular flexibility index (Phi) is 4.22. The van der Waals surface area contributed by atoms with E-state index in [2.05, 4.69) is 26.8 Å². The molecule has 0 amide bonds. The zero-order valence-electron chi connectivity index (χ0n) is 14.6. The molecule has 3 rings (SSSR count). The van der Waals surface area contributed by atoms with Crippen LogP contribution in [0, 0.1) is 11.3 Å². The maximum absolute atomic E-state index is 11.4. The van der Waals surface area contributed by atoms with Gasteiger partial charge in [-0.2, -0.15) is 0 Å². The van der Waals surface area contributed by atoms with E-state index in [4.69, 9.17) is 0 Å². The summed E-state index contributed by atoms with van der Waals surface area (Å²) in [6, 6.07) is 4.00. The molecule has 3 atom stereocenters. The van der Waals surface area contributed by atoms with Gasteiger partial charge in [-0.1, -0.05) is 26.8 Å². The Morgan fingerprint density at radius 2 is 1.96 bits per heavy atom. The van der Waals surface area contributed by atoms with E-state index in [9.17, 15) is 15.3 Å². The largest absolute Gasteiger partial charge is 0.508 e. The van der Waals surface area contributed by atoms with E-state index in [-0.39, 0.29) is 23.9 Å². The molecular formula is C20H30O3. The molecule has 0 spiro atoms. The molecule has 1 fully saturated rings. The minimum absolute atomic E-state index is 0.116. The van der Waals surface area contributed by atoms with Gasteiger partial charge in [-0.25, -0.2) is 0 Å². The number of rotatable bonds is 2. The van der Waals surface area contributed by atoms with Gasteiger partial charge in [0.15, 0.2) is 0 Å². The van der Waals surface area contributed by atoms with Gasteiger partial charge in [-0.05, 0) is 72.1 Å². The normalized spacial score (nSPS) is 33.9. The molecule has 0 aromatic heterocycles. The van der Waals surface area contributed by atoms with Crippen LogP contribution in [0.15, 0.2) is 12.1 Å². The van der Waals surface area contributed by atoms with E-state index in [1.54, 1.807) is 0 Å². The molecule has 1 aromatic carbocycles. The highest BCUT2D eigenvalue weighted by Gasteiger charge is 2.51. The van der Waals surface area contributed by atoms with Crippen LogP contribution in [0.3, 0.4) is 0 Å². The average Bonchev–Trinajstić information content (AvgIpc) is 2.62. The van der Waals surface area contributed by atoms with Gasteiger partial charge in [0.05, 0.1) is 5.60 Å². The Balaban J connectivity index is 2.01. The van der Waals surface area contributed by atoms with Crippen molar-refractivity contribution >= 4 is 0 Å². The number of aliphatic hydroxyl groups excluding tert-OH is 1. The molecule has 3 heteroatoms. The van der Waals surface area contributed by atoms with Crippen molar-refractivity contribution in [3.63, 3.8) is 0 Å². The predicted octanol–water partition coefficient (Wildman–Crippen LogP) is 3.53. The van der Waals surface area contributed by atoms with E-state index in [1.807, 2.05) is 6.07 Å². The summed E-state index contributed by atoms with van der Waals surface area (Å²) in [4.78, 5) is 0. The zero-order chi connectivity index (χ0) is 16.8. The van der Waals surface area contributed by atoms with Crippen LogP contribution in [0.25, 0.3) is 0 Å². The van der Waals surface area contributed by atoms with Crippen molar-refractivity contribution in [1.82, 2.24) is 0 Å². The summed E-state index contributed by atoms with van der Waals surface area (Å²) in [5.41, 5.74) is 2.38. The number of aryl methyl sites for hydroxylation is 1. The second-order valence-electron chi connectivity index (χ2n) is 8.37. The summed E-state index contributed by atoms with van der Waals surface area (Å²) >= 11 is 0. The van der Waals surface area contributed by atoms with Gasteiger partial charge in [0, 0.05) is 13.0 Å². The summed E-state index contributed by atoms with van der Waals surface area (Å²) in [7, 11) is 0. The van der Waals surface area contributed by atoms with E-state index < -0.39 is 5.60 Å². The summed E-state index contributed by atoms with van der Waals surface area (Å²) in [5.74, 6) is 0.754. The minimum atomic E-state index is -0.757. The van der Waals surface area contributed by atoms with Crippen LogP contribution < -0.4 is 0 Å². The van der Waals surface area contributed by atoms with E-state index in [0.29, 0.717) is 12.2 Å². The number of hydrogen-bond donors (Lipinski definition) is 3. The topological polar surface area (TPSA) is 60.7 Å². The fourth-order valence-corrected chi connectivity index (χ4v) is 5.00. The summed E-state index contributed by atoms with van der Waals surface area (Å²) < 4.78 is 0. The standard InChI is InChI=1S/C20H30O3/c1-13(2)16-9-14-5-6-18-19(3,12-21)7-4-8-20(18,23)11-15(14)10-17(16)22/h9-10,13,18,21-23H,4-8,11-12H2,1-3H3/t18-,19+,20-/m0/s1. The molecule has 3 nitrogen and oxygen atoms in total. The first-order valence-electron chi connectivity index (χ1n) is 8.97. The number of fused-ring (bicyclic) bond motifs is 2. The first-order chi connectivity index (χ1) is 10.8. The molecule has 2 aliphatic rings. The van der Waals surface area contributed by atoms with Crippen molar-refractivity contribution in [2.45, 2.75) is 70.8 Å². The lowest BCUT2D eigenvalue weighted by Gasteiger charge is -2.50. The fourth-order valence-electron chi connectivity index (χ4n) is 5.00. The van der Waals surface area contributed by atoms with Crippen LogP contribution in [-0.2, 0) is 12.8 Å². The van der Waals surface area contributed by atoms with Crippen molar-refractivity contribution in [1.29, 1.82) is 0 Å². The molecule has 1 aromatic rings. The molecule has 128 valence electrons. The smallest absolute Gasteiger partial charge is 0.119 e. The van der Waals surface area contributed by atoms with Gasteiger partial charge in [-0.15, -0.1) is 0 Å². The maximum atomic E-state index is 11.4. The Morgan fingerprint density at radius 3 is 2.61 bits per heavy atom. The van der Waals surface area contributed by atoms with Gasteiger partial charge in [-0.3, -0.25) is 0 Å². The highest BCUT2D eigenvalue weighted by molar-refractivity contribution is 5.45. The van der Waals surface area contributed by atoms with Crippen LogP contribution >= 0.6 is 0 Å². The molecule has 0 bridgehead atoms. The van der Waals surface area contributed by atoms with Crippen molar-refractivity contribution in [2.24, 2.45) is 11.3 Å². The molecule has 23 heavy (non-hydrogen) atoms. The summed E-state index contributed by atoms with van der Waals surface area (Å²) in [5, 5.41) is 31.6. The molecule has 2 aliphatic carbocycles.